The maximum absolute atomic E-state index is 12.9. The predicted octanol–water partition coefficient (Wildman–Crippen LogP) is 3.21. The van der Waals surface area contributed by atoms with Gasteiger partial charge in [-0.1, -0.05) is 19.1 Å². The first-order valence-corrected chi connectivity index (χ1v) is 7.59. The van der Waals surface area contributed by atoms with E-state index < -0.39 is 6.10 Å². The predicted molar refractivity (Wildman–Crippen MR) is 83.7 cm³/mol. The maximum atomic E-state index is 12.9. The third-order valence-electron chi connectivity index (χ3n) is 3.04. The fourth-order valence-electron chi connectivity index (χ4n) is 2.10. The molecule has 0 amide bonds. The number of benzene rings is 1. The van der Waals surface area contributed by atoms with E-state index in [4.69, 9.17) is 4.74 Å². The summed E-state index contributed by atoms with van der Waals surface area (Å²) in [5.74, 6) is -0.223. The Bertz CT molecular complexity index is 400. The topological polar surface area (TPSA) is 32.7 Å². The van der Waals surface area contributed by atoms with Crippen LogP contribution in [0.2, 0.25) is 0 Å². The van der Waals surface area contributed by atoms with Crippen LogP contribution in [0.3, 0.4) is 0 Å². The molecule has 0 fully saturated rings. The van der Waals surface area contributed by atoms with Crippen LogP contribution in [0.4, 0.5) is 4.39 Å². The van der Waals surface area contributed by atoms with E-state index in [9.17, 15) is 9.50 Å². The summed E-state index contributed by atoms with van der Waals surface area (Å²) < 4.78 is 18.5. The average Bonchev–Trinajstić information content (AvgIpc) is 2.39. The third-order valence-corrected chi connectivity index (χ3v) is 3.04. The van der Waals surface area contributed by atoms with E-state index in [2.05, 4.69) is 11.8 Å². The quantitative estimate of drug-likeness (QED) is 0.800. The second kappa shape index (κ2) is 8.47. The second-order valence-corrected chi connectivity index (χ2v) is 6.44. The van der Waals surface area contributed by atoms with Crippen molar-refractivity contribution in [3.05, 3.63) is 35.6 Å². The first-order valence-electron chi connectivity index (χ1n) is 7.59. The summed E-state index contributed by atoms with van der Waals surface area (Å²) in [4.78, 5) is 2.17. The van der Waals surface area contributed by atoms with Crippen LogP contribution in [-0.2, 0) is 11.3 Å². The fourth-order valence-corrected chi connectivity index (χ4v) is 2.10. The molecule has 0 aliphatic rings. The van der Waals surface area contributed by atoms with Gasteiger partial charge in [0.25, 0.3) is 0 Å². The lowest BCUT2D eigenvalue weighted by Gasteiger charge is -2.27. The Morgan fingerprint density at radius 2 is 1.86 bits per heavy atom. The molecule has 0 bridgehead atoms. The van der Waals surface area contributed by atoms with E-state index in [0.29, 0.717) is 19.7 Å². The molecule has 1 unspecified atom stereocenters. The highest BCUT2D eigenvalue weighted by Gasteiger charge is 2.16. The molecule has 1 rings (SSSR count). The number of hydrogen-bond donors (Lipinski definition) is 1. The standard InChI is InChI=1S/C17H28FNO2/c1-5-10-19(11-14-6-8-15(18)9-7-14)12-16(20)13-21-17(2,3)4/h6-9,16,20H,5,10-13H2,1-4H3. The molecule has 21 heavy (non-hydrogen) atoms. The molecule has 0 heterocycles. The summed E-state index contributed by atoms with van der Waals surface area (Å²) in [6, 6.07) is 6.52. The van der Waals surface area contributed by atoms with Crippen molar-refractivity contribution in [2.75, 3.05) is 19.7 Å². The molecule has 1 aromatic carbocycles. The van der Waals surface area contributed by atoms with Gasteiger partial charge < -0.3 is 9.84 Å². The molecule has 0 radical (unpaired) electrons. The van der Waals surface area contributed by atoms with Crippen LogP contribution in [0.15, 0.2) is 24.3 Å². The number of hydrogen-bond acceptors (Lipinski definition) is 3. The molecule has 0 saturated heterocycles. The van der Waals surface area contributed by atoms with E-state index in [0.717, 1.165) is 18.5 Å². The smallest absolute Gasteiger partial charge is 0.123 e. The molecule has 0 aromatic heterocycles. The molecule has 1 N–H and O–H groups in total. The number of aliphatic hydroxyl groups is 1. The van der Waals surface area contributed by atoms with Crippen molar-refractivity contribution in [3.63, 3.8) is 0 Å². The van der Waals surface area contributed by atoms with Gasteiger partial charge in [0.15, 0.2) is 0 Å². The summed E-state index contributed by atoms with van der Waals surface area (Å²) in [5, 5.41) is 10.1. The van der Waals surface area contributed by atoms with Crippen LogP contribution in [0.25, 0.3) is 0 Å². The number of halogens is 1. The Morgan fingerprint density at radius 1 is 1.24 bits per heavy atom. The van der Waals surface area contributed by atoms with Gasteiger partial charge in [0, 0.05) is 13.1 Å². The molecule has 1 aromatic rings. The normalized spacial score (nSPS) is 13.7. The number of aliphatic hydroxyl groups excluding tert-OH is 1. The van der Waals surface area contributed by atoms with Gasteiger partial charge in [0.1, 0.15) is 5.82 Å². The lowest BCUT2D eigenvalue weighted by atomic mass is 10.2. The molecule has 4 heteroatoms. The highest BCUT2D eigenvalue weighted by molar-refractivity contribution is 5.15. The largest absolute Gasteiger partial charge is 0.389 e. The molecular weight excluding hydrogens is 269 g/mol. The Kier molecular flexibility index (Phi) is 7.29. The van der Waals surface area contributed by atoms with Crippen molar-refractivity contribution >= 4 is 0 Å². The van der Waals surface area contributed by atoms with Crippen LogP contribution in [0.1, 0.15) is 39.7 Å². The molecule has 0 spiro atoms. The molecule has 3 nitrogen and oxygen atoms in total. The van der Waals surface area contributed by atoms with Gasteiger partial charge in [-0.3, -0.25) is 4.90 Å². The van der Waals surface area contributed by atoms with Crippen molar-refractivity contribution < 1.29 is 14.2 Å². The van der Waals surface area contributed by atoms with E-state index in [-0.39, 0.29) is 11.4 Å². The Labute approximate surface area is 127 Å². The average molecular weight is 297 g/mol. The van der Waals surface area contributed by atoms with Gasteiger partial charge in [-0.05, 0) is 51.4 Å². The molecular formula is C17H28FNO2. The van der Waals surface area contributed by atoms with E-state index in [1.807, 2.05) is 20.8 Å². The zero-order valence-electron chi connectivity index (χ0n) is 13.6. The van der Waals surface area contributed by atoms with Gasteiger partial charge in [-0.25, -0.2) is 4.39 Å². The molecule has 120 valence electrons. The Morgan fingerprint density at radius 3 is 2.38 bits per heavy atom. The minimum atomic E-state index is -0.517. The van der Waals surface area contributed by atoms with Gasteiger partial charge in [0.05, 0.1) is 18.3 Å². The zero-order valence-corrected chi connectivity index (χ0v) is 13.6. The highest BCUT2D eigenvalue weighted by Crippen LogP contribution is 2.10. The summed E-state index contributed by atoms with van der Waals surface area (Å²) in [7, 11) is 0. The molecule has 0 saturated carbocycles. The van der Waals surface area contributed by atoms with Gasteiger partial charge in [-0.2, -0.15) is 0 Å². The summed E-state index contributed by atoms with van der Waals surface area (Å²) in [6.45, 7) is 10.5. The minimum absolute atomic E-state index is 0.223. The zero-order chi connectivity index (χ0) is 15.9. The van der Waals surface area contributed by atoms with Crippen LogP contribution in [0, 0.1) is 5.82 Å². The van der Waals surface area contributed by atoms with Crippen molar-refractivity contribution in [1.82, 2.24) is 4.90 Å². The Hall–Kier alpha value is -0.970. The number of rotatable bonds is 8. The minimum Gasteiger partial charge on any atom is -0.389 e. The lowest BCUT2D eigenvalue weighted by molar-refractivity contribution is -0.0566. The monoisotopic (exact) mass is 297 g/mol. The highest BCUT2D eigenvalue weighted by atomic mass is 19.1. The SMILES string of the molecule is CCCN(Cc1ccc(F)cc1)CC(O)COC(C)(C)C. The summed E-state index contributed by atoms with van der Waals surface area (Å²) >= 11 is 0. The maximum Gasteiger partial charge on any atom is 0.123 e. The van der Waals surface area contributed by atoms with E-state index >= 15 is 0 Å². The van der Waals surface area contributed by atoms with Crippen LogP contribution in [0.5, 0.6) is 0 Å². The van der Waals surface area contributed by atoms with E-state index in [1.165, 1.54) is 12.1 Å². The lowest BCUT2D eigenvalue weighted by Crippen LogP contribution is -2.37. The first-order chi connectivity index (χ1) is 9.80. The van der Waals surface area contributed by atoms with E-state index in [1.54, 1.807) is 12.1 Å². The van der Waals surface area contributed by atoms with Crippen molar-refractivity contribution in [3.8, 4) is 0 Å². The van der Waals surface area contributed by atoms with Crippen molar-refractivity contribution in [1.29, 1.82) is 0 Å². The van der Waals surface area contributed by atoms with Crippen LogP contribution < -0.4 is 0 Å². The number of nitrogens with zero attached hydrogens (tertiary/aromatic N) is 1. The fraction of sp³-hybridized carbons (Fsp3) is 0.647. The molecule has 0 aliphatic heterocycles. The number of ether oxygens (including phenoxy) is 1. The van der Waals surface area contributed by atoms with Gasteiger partial charge in [-0.15, -0.1) is 0 Å². The molecule has 1 atom stereocenters. The van der Waals surface area contributed by atoms with Crippen LogP contribution >= 0.6 is 0 Å². The third kappa shape index (κ3) is 8.15. The van der Waals surface area contributed by atoms with Gasteiger partial charge in [0.2, 0.25) is 0 Å². The summed E-state index contributed by atoms with van der Waals surface area (Å²) in [5.41, 5.74) is 0.807. The molecule has 0 aliphatic carbocycles. The van der Waals surface area contributed by atoms with Crippen molar-refractivity contribution in [2.45, 2.75) is 52.4 Å². The van der Waals surface area contributed by atoms with Gasteiger partial charge >= 0.3 is 0 Å². The Balaban J connectivity index is 2.50. The van der Waals surface area contributed by atoms with Crippen molar-refractivity contribution in [2.24, 2.45) is 0 Å². The summed E-state index contributed by atoms with van der Waals surface area (Å²) in [6.07, 6.45) is 0.491. The second-order valence-electron chi connectivity index (χ2n) is 6.44. The van der Waals surface area contributed by atoms with Crippen LogP contribution in [-0.4, -0.2) is 41.4 Å². The first kappa shape index (κ1) is 18.1.